The summed E-state index contributed by atoms with van der Waals surface area (Å²) in [5.41, 5.74) is 1.12. The van der Waals surface area contributed by atoms with Crippen molar-refractivity contribution in [1.29, 1.82) is 0 Å². The second-order valence-electron chi connectivity index (χ2n) is 4.47. The van der Waals surface area contributed by atoms with Crippen LogP contribution < -0.4 is 0 Å². The zero-order chi connectivity index (χ0) is 12.8. The molecular weight excluding hydrogens is 301 g/mol. The quantitative estimate of drug-likeness (QED) is 0.755. The minimum Gasteiger partial charge on any atom is -0.541 e. The van der Waals surface area contributed by atoms with Crippen LogP contribution in [0.25, 0.3) is 0 Å². The zero-order valence-corrected chi connectivity index (χ0v) is 14.1. The van der Waals surface area contributed by atoms with Gasteiger partial charge in [-0.3, -0.25) is 11.1 Å². The Kier molecular flexibility index (Phi) is 8.55. The third-order valence-electron chi connectivity index (χ3n) is 3.30. The molecule has 2 nitrogen and oxygen atoms in total. The molecule has 0 saturated carbocycles. The molecule has 0 amide bonds. The van der Waals surface area contributed by atoms with Gasteiger partial charge in [0.1, 0.15) is 5.78 Å². The summed E-state index contributed by atoms with van der Waals surface area (Å²) < 4.78 is 0. The maximum Gasteiger partial charge on any atom is 0.131 e. The summed E-state index contributed by atoms with van der Waals surface area (Å²) in [6, 6.07) is 9.91. The van der Waals surface area contributed by atoms with Gasteiger partial charge in [0.15, 0.2) is 0 Å². The third-order valence-corrected chi connectivity index (χ3v) is 3.30. The van der Waals surface area contributed by atoms with E-state index in [1.807, 2.05) is 43.5 Å². The minimum absolute atomic E-state index is 0. The van der Waals surface area contributed by atoms with E-state index in [2.05, 4.69) is 0 Å². The van der Waals surface area contributed by atoms with Crippen molar-refractivity contribution in [3.8, 4) is 0 Å². The molecule has 3 unspecified atom stereocenters. The number of benzene rings is 1. The number of hydrogen-bond donors (Lipinski definition) is 0. The molecule has 0 N–H and O–H groups in total. The van der Waals surface area contributed by atoms with Crippen LogP contribution in [0.1, 0.15) is 38.7 Å². The van der Waals surface area contributed by atoms with E-state index in [0.29, 0.717) is 0 Å². The minimum atomic E-state index is -0.349. The molecule has 0 aliphatic carbocycles. The first-order valence-corrected chi connectivity index (χ1v) is 6.04. The first-order valence-electron chi connectivity index (χ1n) is 6.04. The average molecular weight is 320 g/mol. The molecule has 1 rings (SSSR count). The SMILES string of the molecule is CCC(c1ccccc1)C(C(C)=O)C(C)[C-]=O.[Y]. The van der Waals surface area contributed by atoms with Crippen molar-refractivity contribution in [1.82, 2.24) is 0 Å². The molecule has 0 heterocycles. The molecule has 0 aliphatic rings. The number of carbonyl (C=O) groups excluding carboxylic acids is 2. The fourth-order valence-electron chi connectivity index (χ4n) is 2.45. The first-order chi connectivity index (χ1) is 8.11. The van der Waals surface area contributed by atoms with E-state index >= 15 is 0 Å². The predicted molar refractivity (Wildman–Crippen MR) is 68.5 cm³/mol. The number of hydrogen-bond acceptors (Lipinski definition) is 2. The number of ketones is 1. The molecule has 0 aromatic heterocycles. The third kappa shape index (κ3) is 4.40. The maximum atomic E-state index is 11.7. The summed E-state index contributed by atoms with van der Waals surface area (Å²) in [6.07, 6.45) is 2.81. The van der Waals surface area contributed by atoms with Gasteiger partial charge >= 0.3 is 0 Å². The van der Waals surface area contributed by atoms with E-state index < -0.39 is 0 Å². The van der Waals surface area contributed by atoms with E-state index in [1.165, 1.54) is 0 Å². The molecule has 1 aromatic carbocycles. The van der Waals surface area contributed by atoms with E-state index in [9.17, 15) is 9.59 Å². The van der Waals surface area contributed by atoms with Gasteiger partial charge in [-0.05, 0) is 24.8 Å². The first kappa shape index (κ1) is 17.7. The van der Waals surface area contributed by atoms with Crippen molar-refractivity contribution in [2.75, 3.05) is 0 Å². The van der Waals surface area contributed by atoms with Gasteiger partial charge in [-0.25, -0.2) is 0 Å². The molecule has 18 heavy (non-hydrogen) atoms. The Balaban J connectivity index is 0.00000289. The Bertz CT molecular complexity index is 375. The molecular formula is C15H19O2Y-. The fraction of sp³-hybridized carbons (Fsp3) is 0.467. The van der Waals surface area contributed by atoms with Crippen LogP contribution in [0.3, 0.4) is 0 Å². The Morgan fingerprint density at radius 2 is 1.83 bits per heavy atom. The van der Waals surface area contributed by atoms with Gasteiger partial charge in [0.25, 0.3) is 0 Å². The van der Waals surface area contributed by atoms with Crippen LogP contribution in [0.15, 0.2) is 30.3 Å². The van der Waals surface area contributed by atoms with E-state index in [1.54, 1.807) is 13.8 Å². The molecule has 0 bridgehead atoms. The normalized spacial score (nSPS) is 15.1. The fourth-order valence-corrected chi connectivity index (χ4v) is 2.45. The molecule has 0 spiro atoms. The number of Topliss-reactive ketones (excluding diaryl/α,β-unsaturated/α-hetero) is 1. The molecule has 1 aromatic rings. The molecule has 3 heteroatoms. The van der Waals surface area contributed by atoms with Gasteiger partial charge in [-0.2, -0.15) is 0 Å². The van der Waals surface area contributed by atoms with Crippen molar-refractivity contribution in [2.24, 2.45) is 11.8 Å². The molecule has 0 aliphatic heterocycles. The van der Waals surface area contributed by atoms with E-state index in [4.69, 9.17) is 0 Å². The van der Waals surface area contributed by atoms with E-state index in [0.717, 1.165) is 12.0 Å². The van der Waals surface area contributed by atoms with Crippen LogP contribution in [0, 0.1) is 11.8 Å². The van der Waals surface area contributed by atoms with Gasteiger partial charge in [0, 0.05) is 38.6 Å². The monoisotopic (exact) mass is 320 g/mol. The average Bonchev–Trinajstić information content (AvgIpc) is 2.35. The molecule has 0 fully saturated rings. The largest absolute Gasteiger partial charge is 0.541 e. The number of rotatable bonds is 6. The van der Waals surface area contributed by atoms with Gasteiger partial charge in [0.2, 0.25) is 0 Å². The van der Waals surface area contributed by atoms with Gasteiger partial charge in [-0.15, -0.1) is 5.92 Å². The van der Waals surface area contributed by atoms with Gasteiger partial charge in [0.05, 0.1) is 0 Å². The predicted octanol–water partition coefficient (Wildman–Crippen LogP) is 3.13. The smallest absolute Gasteiger partial charge is 0.131 e. The van der Waals surface area contributed by atoms with Crippen molar-refractivity contribution in [2.45, 2.75) is 33.1 Å². The van der Waals surface area contributed by atoms with Crippen LogP contribution in [0.4, 0.5) is 0 Å². The summed E-state index contributed by atoms with van der Waals surface area (Å²) in [7, 11) is 0. The van der Waals surface area contributed by atoms with Crippen LogP contribution in [-0.4, -0.2) is 12.1 Å². The topological polar surface area (TPSA) is 34.1 Å². The second-order valence-corrected chi connectivity index (χ2v) is 4.47. The van der Waals surface area contributed by atoms with Crippen molar-refractivity contribution >= 4 is 12.1 Å². The Morgan fingerprint density at radius 3 is 2.22 bits per heavy atom. The van der Waals surface area contributed by atoms with Crippen LogP contribution in [-0.2, 0) is 42.3 Å². The molecule has 95 valence electrons. The molecule has 1 radical (unpaired) electrons. The summed E-state index contributed by atoms with van der Waals surface area (Å²) in [5.74, 6) is -0.445. The Morgan fingerprint density at radius 1 is 1.28 bits per heavy atom. The van der Waals surface area contributed by atoms with Gasteiger partial charge < -0.3 is 4.79 Å². The Labute approximate surface area is 134 Å². The van der Waals surface area contributed by atoms with Crippen LogP contribution in [0.2, 0.25) is 0 Å². The Hall–Kier alpha value is -0.336. The standard InChI is InChI=1S/C15H19O2.Y/c1-4-14(13-8-6-5-7-9-13)15(12(3)17)11(2)10-16;/h5-9,11,14-15H,4H2,1-3H3;/q-1;. The molecule has 3 atom stereocenters. The zero-order valence-electron chi connectivity index (χ0n) is 11.2. The van der Waals surface area contributed by atoms with Crippen molar-refractivity contribution in [3.05, 3.63) is 35.9 Å². The maximum absolute atomic E-state index is 11.7. The summed E-state index contributed by atoms with van der Waals surface area (Å²) in [4.78, 5) is 22.6. The summed E-state index contributed by atoms with van der Waals surface area (Å²) in [6.45, 7) is 5.37. The van der Waals surface area contributed by atoms with Crippen LogP contribution in [0.5, 0.6) is 0 Å². The van der Waals surface area contributed by atoms with E-state index in [-0.39, 0.29) is 56.2 Å². The summed E-state index contributed by atoms with van der Waals surface area (Å²) >= 11 is 0. The van der Waals surface area contributed by atoms with Crippen LogP contribution >= 0.6 is 0 Å². The second kappa shape index (κ2) is 8.71. The van der Waals surface area contributed by atoms with Gasteiger partial charge in [-0.1, -0.05) is 44.2 Å². The number of carbonyl (C=O) groups is 1. The summed E-state index contributed by atoms with van der Waals surface area (Å²) in [5, 5.41) is 0. The van der Waals surface area contributed by atoms with Crippen molar-refractivity contribution in [3.63, 3.8) is 0 Å². The molecule has 0 saturated heterocycles. The van der Waals surface area contributed by atoms with Crippen molar-refractivity contribution < 1.29 is 42.3 Å².